The molecule has 1 unspecified atom stereocenters. The zero-order valence-electron chi connectivity index (χ0n) is 9.89. The average molecular weight is 236 g/mol. The summed E-state index contributed by atoms with van der Waals surface area (Å²) in [4.78, 5) is 0. The van der Waals surface area contributed by atoms with Crippen molar-refractivity contribution in [2.24, 2.45) is 0 Å². The summed E-state index contributed by atoms with van der Waals surface area (Å²) in [6.45, 7) is 2.06. The van der Waals surface area contributed by atoms with E-state index in [1.165, 1.54) is 30.4 Å². The predicted octanol–water partition coefficient (Wildman–Crippen LogP) is 4.02. The second-order valence-electron chi connectivity index (χ2n) is 4.37. The molecule has 1 aliphatic rings. The molecule has 16 heavy (non-hydrogen) atoms. The van der Waals surface area contributed by atoms with Gasteiger partial charge in [-0.25, -0.2) is 0 Å². The SMILES string of the molecule is CNC(C1=CCCC1)c1cccc(C)c1Cl. The molecule has 0 amide bonds. The van der Waals surface area contributed by atoms with Crippen molar-refractivity contribution in [2.45, 2.75) is 32.2 Å². The van der Waals surface area contributed by atoms with Crippen LogP contribution in [0.1, 0.15) is 36.4 Å². The Bertz CT molecular complexity index is 409. The normalized spacial score (nSPS) is 17.3. The third-order valence-electron chi connectivity index (χ3n) is 3.27. The minimum Gasteiger partial charge on any atom is -0.310 e. The molecule has 0 heterocycles. The van der Waals surface area contributed by atoms with Gasteiger partial charge in [-0.3, -0.25) is 0 Å². The number of halogens is 1. The molecule has 0 bridgehead atoms. The van der Waals surface area contributed by atoms with Crippen LogP contribution in [0.25, 0.3) is 0 Å². The van der Waals surface area contributed by atoms with Crippen molar-refractivity contribution in [1.29, 1.82) is 0 Å². The highest BCUT2D eigenvalue weighted by molar-refractivity contribution is 6.32. The van der Waals surface area contributed by atoms with Gasteiger partial charge in [0.15, 0.2) is 0 Å². The second-order valence-corrected chi connectivity index (χ2v) is 4.75. The lowest BCUT2D eigenvalue weighted by molar-refractivity contribution is 0.655. The number of nitrogens with one attached hydrogen (secondary N) is 1. The Balaban J connectivity index is 2.36. The smallest absolute Gasteiger partial charge is 0.0548 e. The molecule has 1 nitrogen and oxygen atoms in total. The van der Waals surface area contributed by atoms with Gasteiger partial charge in [0, 0.05) is 5.02 Å². The number of hydrogen-bond donors (Lipinski definition) is 1. The van der Waals surface area contributed by atoms with Crippen LogP contribution in [0.15, 0.2) is 29.8 Å². The highest BCUT2D eigenvalue weighted by atomic mass is 35.5. The van der Waals surface area contributed by atoms with Crippen LogP contribution in [0.4, 0.5) is 0 Å². The van der Waals surface area contributed by atoms with E-state index < -0.39 is 0 Å². The second kappa shape index (κ2) is 5.03. The van der Waals surface area contributed by atoms with Gasteiger partial charge in [0.25, 0.3) is 0 Å². The maximum atomic E-state index is 6.38. The molecule has 1 aromatic carbocycles. The number of benzene rings is 1. The van der Waals surface area contributed by atoms with E-state index >= 15 is 0 Å². The molecule has 0 aromatic heterocycles. The van der Waals surface area contributed by atoms with Gasteiger partial charge in [-0.15, -0.1) is 0 Å². The van der Waals surface area contributed by atoms with Crippen molar-refractivity contribution in [2.75, 3.05) is 7.05 Å². The summed E-state index contributed by atoms with van der Waals surface area (Å²) in [7, 11) is 2.00. The maximum absolute atomic E-state index is 6.38. The molecule has 0 aliphatic heterocycles. The van der Waals surface area contributed by atoms with Crippen molar-refractivity contribution in [3.63, 3.8) is 0 Å². The Morgan fingerprint density at radius 3 is 2.81 bits per heavy atom. The van der Waals surface area contributed by atoms with Gasteiger partial charge in [-0.2, -0.15) is 0 Å². The zero-order chi connectivity index (χ0) is 11.5. The summed E-state index contributed by atoms with van der Waals surface area (Å²) in [6.07, 6.45) is 6.02. The predicted molar refractivity (Wildman–Crippen MR) is 69.9 cm³/mol. The molecule has 1 aliphatic carbocycles. The molecule has 0 fully saturated rings. The molecular weight excluding hydrogens is 218 g/mol. The van der Waals surface area contributed by atoms with Gasteiger partial charge in [-0.05, 0) is 44.4 Å². The number of rotatable bonds is 3. The topological polar surface area (TPSA) is 12.0 Å². The van der Waals surface area contributed by atoms with Crippen LogP contribution in [0.5, 0.6) is 0 Å². The summed E-state index contributed by atoms with van der Waals surface area (Å²) in [5.74, 6) is 0. The molecular formula is C14H18ClN. The summed E-state index contributed by atoms with van der Waals surface area (Å²) in [5, 5.41) is 4.27. The van der Waals surface area contributed by atoms with E-state index in [0.29, 0.717) is 0 Å². The summed E-state index contributed by atoms with van der Waals surface area (Å²) >= 11 is 6.38. The Morgan fingerprint density at radius 2 is 2.19 bits per heavy atom. The van der Waals surface area contributed by atoms with E-state index in [2.05, 4.69) is 36.5 Å². The fourth-order valence-corrected chi connectivity index (χ4v) is 2.63. The summed E-state index contributed by atoms with van der Waals surface area (Å²) in [6, 6.07) is 6.54. The average Bonchev–Trinajstić information content (AvgIpc) is 2.79. The molecule has 2 rings (SSSR count). The minimum atomic E-state index is 0.287. The van der Waals surface area contributed by atoms with Crippen LogP contribution in [0.3, 0.4) is 0 Å². The van der Waals surface area contributed by atoms with Crippen LogP contribution < -0.4 is 5.32 Å². The fraction of sp³-hybridized carbons (Fsp3) is 0.429. The zero-order valence-corrected chi connectivity index (χ0v) is 10.6. The highest BCUT2D eigenvalue weighted by Crippen LogP contribution is 2.34. The molecule has 86 valence electrons. The van der Waals surface area contributed by atoms with Gasteiger partial charge in [0.1, 0.15) is 0 Å². The Hall–Kier alpha value is -0.790. The third kappa shape index (κ3) is 2.16. The monoisotopic (exact) mass is 235 g/mol. The van der Waals surface area contributed by atoms with E-state index in [-0.39, 0.29) is 6.04 Å². The lowest BCUT2D eigenvalue weighted by atomic mass is 9.97. The Morgan fingerprint density at radius 1 is 1.38 bits per heavy atom. The van der Waals surface area contributed by atoms with Gasteiger partial charge < -0.3 is 5.32 Å². The maximum Gasteiger partial charge on any atom is 0.0548 e. The van der Waals surface area contributed by atoms with Crippen LogP contribution in [0, 0.1) is 6.92 Å². The van der Waals surface area contributed by atoms with E-state index in [4.69, 9.17) is 11.6 Å². The third-order valence-corrected chi connectivity index (χ3v) is 3.78. The van der Waals surface area contributed by atoms with E-state index in [1.807, 2.05) is 7.05 Å². The van der Waals surface area contributed by atoms with Gasteiger partial charge >= 0.3 is 0 Å². The minimum absolute atomic E-state index is 0.287. The van der Waals surface area contributed by atoms with E-state index in [1.54, 1.807) is 0 Å². The first-order valence-electron chi connectivity index (χ1n) is 5.85. The van der Waals surface area contributed by atoms with Crippen LogP contribution in [0.2, 0.25) is 5.02 Å². The lowest BCUT2D eigenvalue weighted by Gasteiger charge is -2.20. The molecule has 1 N–H and O–H groups in total. The standard InChI is InChI=1S/C14H18ClN/c1-10-6-5-9-12(13(10)15)14(16-2)11-7-3-4-8-11/h5-7,9,14,16H,3-4,8H2,1-2H3. The molecule has 1 aromatic rings. The van der Waals surface area contributed by atoms with Gasteiger partial charge in [-0.1, -0.05) is 41.4 Å². The Kier molecular flexibility index (Phi) is 3.67. The Labute approximate surface area is 103 Å². The van der Waals surface area contributed by atoms with Crippen molar-refractivity contribution in [3.8, 4) is 0 Å². The highest BCUT2D eigenvalue weighted by Gasteiger charge is 2.19. The molecule has 1 atom stereocenters. The number of aryl methyl sites for hydroxylation is 1. The quantitative estimate of drug-likeness (QED) is 0.781. The van der Waals surface area contributed by atoms with Crippen LogP contribution >= 0.6 is 11.6 Å². The van der Waals surface area contributed by atoms with Crippen molar-refractivity contribution >= 4 is 11.6 Å². The first-order valence-corrected chi connectivity index (χ1v) is 6.23. The van der Waals surface area contributed by atoms with Crippen molar-refractivity contribution in [3.05, 3.63) is 46.0 Å². The van der Waals surface area contributed by atoms with Crippen molar-refractivity contribution in [1.82, 2.24) is 5.32 Å². The van der Waals surface area contributed by atoms with E-state index in [0.717, 1.165) is 10.6 Å². The van der Waals surface area contributed by atoms with Crippen LogP contribution in [-0.2, 0) is 0 Å². The number of allylic oxidation sites excluding steroid dienone is 1. The first-order chi connectivity index (χ1) is 7.74. The van der Waals surface area contributed by atoms with Gasteiger partial charge in [0.2, 0.25) is 0 Å². The number of likely N-dealkylation sites (N-methyl/N-ethyl adjacent to an activating group) is 1. The fourth-order valence-electron chi connectivity index (χ4n) is 2.39. The molecule has 2 heteroatoms. The summed E-state index contributed by atoms with van der Waals surface area (Å²) < 4.78 is 0. The van der Waals surface area contributed by atoms with Crippen molar-refractivity contribution < 1.29 is 0 Å². The first kappa shape index (κ1) is 11.7. The number of hydrogen-bond acceptors (Lipinski definition) is 1. The molecule has 0 radical (unpaired) electrons. The molecule has 0 saturated carbocycles. The molecule has 0 spiro atoms. The van der Waals surface area contributed by atoms with E-state index in [9.17, 15) is 0 Å². The lowest BCUT2D eigenvalue weighted by Crippen LogP contribution is -2.18. The summed E-state index contributed by atoms with van der Waals surface area (Å²) in [5.41, 5.74) is 3.84. The largest absolute Gasteiger partial charge is 0.310 e. The van der Waals surface area contributed by atoms with Crippen LogP contribution in [-0.4, -0.2) is 7.05 Å². The van der Waals surface area contributed by atoms with Gasteiger partial charge in [0.05, 0.1) is 6.04 Å². The molecule has 0 saturated heterocycles.